The van der Waals surface area contributed by atoms with Crippen molar-refractivity contribution in [3.63, 3.8) is 0 Å². The van der Waals surface area contributed by atoms with Crippen molar-refractivity contribution >= 4 is 62.6 Å². The predicted octanol–water partition coefficient (Wildman–Crippen LogP) is 5.92. The van der Waals surface area contributed by atoms with Crippen molar-refractivity contribution in [2.24, 2.45) is 0 Å². The van der Waals surface area contributed by atoms with Crippen molar-refractivity contribution in [2.75, 3.05) is 0 Å². The smallest absolute Gasteiger partial charge is 0.264 e. The molecule has 0 bridgehead atoms. The highest BCUT2D eigenvalue weighted by molar-refractivity contribution is 7.19. The Morgan fingerprint density at radius 3 is 2.33 bits per heavy atom. The van der Waals surface area contributed by atoms with Gasteiger partial charge in [0.2, 0.25) is 0 Å². The topological polar surface area (TPSA) is 73.3 Å². The Hall–Kier alpha value is -2.67. The number of benzene rings is 1. The number of thiophene rings is 1. The molecule has 5 rings (SSSR count). The first kappa shape index (κ1) is 16.5. The van der Waals surface area contributed by atoms with Crippen molar-refractivity contribution in [3.8, 4) is 11.7 Å². The van der Waals surface area contributed by atoms with Crippen molar-refractivity contribution in [3.05, 3.63) is 68.2 Å². The summed E-state index contributed by atoms with van der Waals surface area (Å²) >= 11 is 13.2. The Morgan fingerprint density at radius 1 is 1.04 bits per heavy atom. The number of Topliss-reactive ketones (excluding diaryl/α,β-unsaturated/α-hetero) is 2. The molecule has 0 spiro atoms. The van der Waals surface area contributed by atoms with Gasteiger partial charge in [-0.2, -0.15) is 4.98 Å². The van der Waals surface area contributed by atoms with Crippen LogP contribution in [0.25, 0.3) is 28.1 Å². The summed E-state index contributed by atoms with van der Waals surface area (Å²) in [4.78, 5) is 30.9. The number of hydrogen-bond donors (Lipinski definition) is 0. The first-order chi connectivity index (χ1) is 13.0. The van der Waals surface area contributed by atoms with Crippen LogP contribution in [0.4, 0.5) is 0 Å². The molecule has 0 saturated heterocycles. The second-order valence-corrected chi connectivity index (χ2v) is 7.72. The van der Waals surface area contributed by atoms with E-state index in [0.717, 1.165) is 0 Å². The van der Waals surface area contributed by atoms with E-state index in [2.05, 4.69) is 4.98 Å². The first-order valence-electron chi connectivity index (χ1n) is 7.75. The number of oxazole rings is 1. The standard InChI is InChI=1S/C19H7Cl2NO4S/c20-12-6-9-10(7-13(12)21)17(24)11(16(9)23)4-8-5-15-19(27-8)22-18(26-15)14-2-1-3-25-14/h1-7H. The third-order valence-corrected chi connectivity index (χ3v) is 5.85. The lowest BCUT2D eigenvalue weighted by Gasteiger charge is -1.98. The highest BCUT2D eigenvalue weighted by Gasteiger charge is 2.34. The zero-order chi connectivity index (χ0) is 18.7. The number of halogens is 2. The summed E-state index contributed by atoms with van der Waals surface area (Å²) in [6.07, 6.45) is 3.08. The number of rotatable bonds is 2. The third kappa shape index (κ3) is 2.56. The number of nitrogens with zero attached hydrogens (tertiary/aromatic N) is 1. The number of carbonyl (C=O) groups is 2. The maximum Gasteiger partial charge on any atom is 0.264 e. The van der Waals surface area contributed by atoms with Crippen LogP contribution in [0.3, 0.4) is 0 Å². The molecule has 0 unspecified atom stereocenters. The minimum atomic E-state index is -0.372. The number of allylic oxidation sites excluding steroid dienone is 1. The Balaban J connectivity index is 1.54. The van der Waals surface area contributed by atoms with Crippen LogP contribution in [-0.2, 0) is 0 Å². The van der Waals surface area contributed by atoms with E-state index in [9.17, 15) is 9.59 Å². The Kier molecular flexibility index (Phi) is 3.62. The van der Waals surface area contributed by atoms with Crippen LogP contribution in [0.2, 0.25) is 10.0 Å². The van der Waals surface area contributed by atoms with Crippen LogP contribution >= 0.6 is 34.5 Å². The number of carbonyl (C=O) groups excluding carboxylic acids is 2. The van der Waals surface area contributed by atoms with Gasteiger partial charge in [0, 0.05) is 22.1 Å². The average Bonchev–Trinajstić information content (AvgIpc) is 3.38. The van der Waals surface area contributed by atoms with Gasteiger partial charge in [-0.05, 0) is 30.3 Å². The monoisotopic (exact) mass is 415 g/mol. The predicted molar refractivity (Wildman–Crippen MR) is 103 cm³/mol. The van der Waals surface area contributed by atoms with Gasteiger partial charge in [-0.25, -0.2) is 0 Å². The zero-order valence-corrected chi connectivity index (χ0v) is 15.6. The van der Waals surface area contributed by atoms with Crippen molar-refractivity contribution < 1.29 is 18.4 Å². The summed E-state index contributed by atoms with van der Waals surface area (Å²) in [5.74, 6) is 0.166. The molecule has 0 amide bonds. The van der Waals surface area contributed by atoms with E-state index in [-0.39, 0.29) is 38.3 Å². The van der Waals surface area contributed by atoms with E-state index in [1.54, 1.807) is 24.3 Å². The highest BCUT2D eigenvalue weighted by atomic mass is 35.5. The molecule has 0 saturated carbocycles. The first-order valence-corrected chi connectivity index (χ1v) is 9.33. The number of hydrogen-bond acceptors (Lipinski definition) is 6. The Morgan fingerprint density at radius 2 is 1.74 bits per heavy atom. The molecule has 5 nitrogen and oxygen atoms in total. The molecule has 0 atom stereocenters. The van der Waals surface area contributed by atoms with Crippen LogP contribution in [-0.4, -0.2) is 16.6 Å². The molecule has 132 valence electrons. The molecule has 1 aromatic carbocycles. The molecule has 4 aromatic rings. The third-order valence-electron chi connectivity index (χ3n) is 4.17. The fraction of sp³-hybridized carbons (Fsp3) is 0. The van der Waals surface area contributed by atoms with Crippen LogP contribution in [0.1, 0.15) is 25.6 Å². The van der Waals surface area contributed by atoms with Gasteiger partial charge in [-0.3, -0.25) is 9.59 Å². The molecule has 3 heterocycles. The fourth-order valence-electron chi connectivity index (χ4n) is 2.92. The molecule has 0 fully saturated rings. The van der Waals surface area contributed by atoms with Crippen molar-refractivity contribution in [1.82, 2.24) is 4.98 Å². The quantitative estimate of drug-likeness (QED) is 0.300. The molecule has 1 aliphatic rings. The van der Waals surface area contributed by atoms with Gasteiger partial charge in [0.25, 0.3) is 5.89 Å². The molecule has 3 aromatic heterocycles. The Bertz CT molecular complexity index is 1210. The van der Waals surface area contributed by atoms with Crippen LogP contribution in [0.15, 0.2) is 51.0 Å². The van der Waals surface area contributed by atoms with E-state index in [0.29, 0.717) is 26.9 Å². The van der Waals surface area contributed by atoms with E-state index >= 15 is 0 Å². The van der Waals surface area contributed by atoms with E-state index in [4.69, 9.17) is 32.0 Å². The molecule has 0 radical (unpaired) electrons. The van der Waals surface area contributed by atoms with Gasteiger partial charge in [0.05, 0.1) is 21.9 Å². The average molecular weight is 416 g/mol. The second-order valence-electron chi connectivity index (χ2n) is 5.84. The molecule has 8 heteroatoms. The molecular formula is C19H7Cl2NO4S. The normalized spacial score (nSPS) is 13.6. The van der Waals surface area contributed by atoms with Gasteiger partial charge in [0.1, 0.15) is 0 Å². The summed E-state index contributed by atoms with van der Waals surface area (Å²) < 4.78 is 10.9. The summed E-state index contributed by atoms with van der Waals surface area (Å²) in [6.45, 7) is 0. The number of ketones is 2. The van der Waals surface area contributed by atoms with Gasteiger partial charge in [-0.15, -0.1) is 11.3 Å². The van der Waals surface area contributed by atoms with Gasteiger partial charge >= 0.3 is 0 Å². The van der Waals surface area contributed by atoms with Crippen molar-refractivity contribution in [1.29, 1.82) is 0 Å². The van der Waals surface area contributed by atoms with Gasteiger partial charge in [-0.1, -0.05) is 23.2 Å². The lowest BCUT2D eigenvalue weighted by molar-refractivity contribution is 0.0990. The molecule has 0 aliphatic heterocycles. The van der Waals surface area contributed by atoms with Gasteiger partial charge < -0.3 is 8.83 Å². The SMILES string of the molecule is O=C1C(=Cc2cc3oc(-c4ccco4)nc3s2)C(=O)c2cc(Cl)c(Cl)cc21. The van der Waals surface area contributed by atoms with Crippen molar-refractivity contribution in [2.45, 2.75) is 0 Å². The molecule has 27 heavy (non-hydrogen) atoms. The van der Waals surface area contributed by atoms with E-state index in [1.165, 1.54) is 29.7 Å². The lowest BCUT2D eigenvalue weighted by atomic mass is 10.1. The maximum atomic E-state index is 12.6. The van der Waals surface area contributed by atoms with Crippen LogP contribution < -0.4 is 0 Å². The fourth-order valence-corrected chi connectivity index (χ4v) is 4.14. The van der Waals surface area contributed by atoms with Crippen LogP contribution in [0, 0.1) is 0 Å². The van der Waals surface area contributed by atoms with E-state index in [1.807, 2.05) is 0 Å². The second kappa shape index (κ2) is 5.92. The molecule has 1 aliphatic carbocycles. The summed E-state index contributed by atoms with van der Waals surface area (Å²) in [5, 5.41) is 0.474. The summed E-state index contributed by atoms with van der Waals surface area (Å²) in [7, 11) is 0. The minimum absolute atomic E-state index is 0.0681. The largest absolute Gasteiger partial charge is 0.459 e. The van der Waals surface area contributed by atoms with Crippen LogP contribution in [0.5, 0.6) is 0 Å². The summed E-state index contributed by atoms with van der Waals surface area (Å²) in [5.41, 5.74) is 1.15. The molecular weight excluding hydrogens is 409 g/mol. The van der Waals surface area contributed by atoms with E-state index < -0.39 is 0 Å². The zero-order valence-electron chi connectivity index (χ0n) is 13.3. The number of furan rings is 1. The number of fused-ring (bicyclic) bond motifs is 2. The lowest BCUT2D eigenvalue weighted by Crippen LogP contribution is -1.99. The maximum absolute atomic E-state index is 12.6. The minimum Gasteiger partial charge on any atom is -0.459 e. The van der Waals surface area contributed by atoms with Gasteiger partial charge in [0.15, 0.2) is 27.7 Å². The molecule has 0 N–H and O–H groups in total. The highest BCUT2D eigenvalue weighted by Crippen LogP contribution is 2.36. The number of aromatic nitrogens is 1. The Labute approximate surface area is 165 Å². The summed E-state index contributed by atoms with van der Waals surface area (Å²) in [6, 6.07) is 8.09.